The summed E-state index contributed by atoms with van der Waals surface area (Å²) in [6.45, 7) is 0. The summed E-state index contributed by atoms with van der Waals surface area (Å²) >= 11 is 7.11. The Morgan fingerprint density at radius 3 is 0.842 bits per heavy atom. The monoisotopic (exact) mass is 570 g/mol. The molecule has 0 aliphatic carbocycles. The summed E-state index contributed by atoms with van der Waals surface area (Å²) in [6.07, 6.45) is 7.42. The van der Waals surface area contributed by atoms with Gasteiger partial charge in [-0.05, 0) is 70.8 Å². The fourth-order valence-corrected chi connectivity index (χ4v) is 7.19. The number of benzene rings is 1. The standard InChI is InChI=1S/C30H26N4S4/c1-5-13-31-27(9-1)35-19-23-17-25(21-37-29-11-3-7-15-33-29)26(22-38-30-12-4-8-16-34-30)18-24(23)20-36-28-10-2-6-14-32-28/h1-18H,19-22H2. The van der Waals surface area contributed by atoms with Gasteiger partial charge in [0.1, 0.15) is 0 Å². The molecule has 4 aromatic heterocycles. The van der Waals surface area contributed by atoms with E-state index in [0.717, 1.165) is 43.1 Å². The van der Waals surface area contributed by atoms with E-state index < -0.39 is 0 Å². The van der Waals surface area contributed by atoms with Crippen molar-refractivity contribution in [2.75, 3.05) is 0 Å². The van der Waals surface area contributed by atoms with E-state index in [4.69, 9.17) is 0 Å². The van der Waals surface area contributed by atoms with Crippen LogP contribution in [0.3, 0.4) is 0 Å². The second kappa shape index (κ2) is 14.4. The van der Waals surface area contributed by atoms with Crippen LogP contribution in [0.2, 0.25) is 0 Å². The first-order chi connectivity index (χ1) is 18.8. The van der Waals surface area contributed by atoms with Crippen LogP contribution in [0.25, 0.3) is 0 Å². The van der Waals surface area contributed by atoms with Crippen molar-refractivity contribution in [2.24, 2.45) is 0 Å². The first kappa shape index (κ1) is 26.8. The molecule has 0 bridgehead atoms. The molecule has 0 atom stereocenters. The zero-order valence-corrected chi connectivity index (χ0v) is 23.9. The number of nitrogens with zero attached hydrogens (tertiary/aromatic N) is 4. The third-order valence-electron chi connectivity index (χ3n) is 5.58. The topological polar surface area (TPSA) is 51.6 Å². The summed E-state index contributed by atoms with van der Waals surface area (Å²) in [5.74, 6) is 3.46. The fourth-order valence-electron chi connectivity index (χ4n) is 3.67. The van der Waals surface area contributed by atoms with Crippen molar-refractivity contribution in [1.82, 2.24) is 19.9 Å². The predicted molar refractivity (Wildman–Crippen MR) is 162 cm³/mol. The average molecular weight is 571 g/mol. The average Bonchev–Trinajstić information content (AvgIpc) is 2.99. The van der Waals surface area contributed by atoms with Crippen molar-refractivity contribution in [2.45, 2.75) is 43.1 Å². The van der Waals surface area contributed by atoms with Gasteiger partial charge in [0.2, 0.25) is 0 Å². The van der Waals surface area contributed by atoms with Crippen LogP contribution in [0.15, 0.2) is 130 Å². The lowest BCUT2D eigenvalue weighted by Crippen LogP contribution is -2.00. The normalized spacial score (nSPS) is 10.9. The Bertz CT molecular complexity index is 1190. The minimum absolute atomic E-state index is 0.865. The lowest BCUT2D eigenvalue weighted by atomic mass is 10.0. The van der Waals surface area contributed by atoms with Gasteiger partial charge in [-0.2, -0.15) is 0 Å². The quantitative estimate of drug-likeness (QED) is 0.139. The number of thioether (sulfide) groups is 4. The molecule has 5 aromatic rings. The first-order valence-electron chi connectivity index (χ1n) is 12.1. The van der Waals surface area contributed by atoms with Gasteiger partial charge >= 0.3 is 0 Å². The Labute approximate surface area is 240 Å². The molecule has 4 nitrogen and oxygen atoms in total. The fraction of sp³-hybridized carbons (Fsp3) is 0.133. The van der Waals surface area contributed by atoms with Gasteiger partial charge in [-0.3, -0.25) is 0 Å². The van der Waals surface area contributed by atoms with Gasteiger partial charge in [0, 0.05) is 47.8 Å². The Morgan fingerprint density at radius 2 is 0.632 bits per heavy atom. The number of hydrogen-bond donors (Lipinski definition) is 0. The number of aromatic nitrogens is 4. The van der Waals surface area contributed by atoms with Crippen LogP contribution in [0.1, 0.15) is 22.3 Å². The molecule has 0 amide bonds. The number of pyridine rings is 4. The molecule has 0 fully saturated rings. The Morgan fingerprint density at radius 1 is 0.368 bits per heavy atom. The maximum Gasteiger partial charge on any atom is 0.0963 e. The van der Waals surface area contributed by atoms with Gasteiger partial charge in [0.05, 0.1) is 20.1 Å². The van der Waals surface area contributed by atoms with Crippen LogP contribution in [-0.2, 0) is 23.0 Å². The van der Waals surface area contributed by atoms with Gasteiger partial charge in [-0.1, -0.05) is 36.4 Å². The van der Waals surface area contributed by atoms with Crippen molar-refractivity contribution < 1.29 is 0 Å². The predicted octanol–water partition coefficient (Wildman–Crippen LogP) is 8.44. The van der Waals surface area contributed by atoms with Crippen LogP contribution < -0.4 is 0 Å². The van der Waals surface area contributed by atoms with Crippen LogP contribution in [0.5, 0.6) is 0 Å². The lowest BCUT2D eigenvalue weighted by Gasteiger charge is -2.17. The highest BCUT2D eigenvalue weighted by molar-refractivity contribution is 7.99. The highest BCUT2D eigenvalue weighted by atomic mass is 32.2. The van der Waals surface area contributed by atoms with E-state index in [9.17, 15) is 0 Å². The van der Waals surface area contributed by atoms with Crippen molar-refractivity contribution in [3.05, 3.63) is 132 Å². The molecule has 38 heavy (non-hydrogen) atoms. The summed E-state index contributed by atoms with van der Waals surface area (Å²) in [5, 5.41) is 4.15. The summed E-state index contributed by atoms with van der Waals surface area (Å²) in [7, 11) is 0. The molecule has 0 saturated heterocycles. The zero-order chi connectivity index (χ0) is 25.8. The smallest absolute Gasteiger partial charge is 0.0963 e. The summed E-state index contributed by atoms with van der Waals surface area (Å²) < 4.78 is 0. The molecule has 0 spiro atoms. The summed E-state index contributed by atoms with van der Waals surface area (Å²) in [4.78, 5) is 18.1. The SMILES string of the molecule is c1ccc(SCc2cc(CSc3ccccn3)c(CSc3ccccn3)cc2CSc2ccccn2)nc1. The molecule has 0 radical (unpaired) electrons. The Hall–Kier alpha value is -2.78. The van der Waals surface area contributed by atoms with E-state index >= 15 is 0 Å². The Balaban J connectivity index is 1.44. The molecular formula is C30H26N4S4. The van der Waals surface area contributed by atoms with Gasteiger partial charge in [0.25, 0.3) is 0 Å². The minimum atomic E-state index is 0.865. The molecule has 0 aliphatic heterocycles. The van der Waals surface area contributed by atoms with E-state index in [-0.39, 0.29) is 0 Å². The van der Waals surface area contributed by atoms with Crippen LogP contribution >= 0.6 is 47.0 Å². The maximum absolute atomic E-state index is 4.52. The summed E-state index contributed by atoms with van der Waals surface area (Å²) in [6, 6.07) is 29.1. The van der Waals surface area contributed by atoms with Gasteiger partial charge in [-0.15, -0.1) is 47.0 Å². The third kappa shape index (κ3) is 8.11. The molecule has 0 unspecified atom stereocenters. The van der Waals surface area contributed by atoms with Crippen LogP contribution in [0, 0.1) is 0 Å². The molecule has 4 heterocycles. The molecule has 0 aliphatic rings. The van der Waals surface area contributed by atoms with E-state index in [2.05, 4.69) is 56.3 Å². The molecule has 8 heteroatoms. The third-order valence-corrected chi connectivity index (χ3v) is 9.55. The number of rotatable bonds is 12. The minimum Gasteiger partial charge on any atom is -0.250 e. The first-order valence-corrected chi connectivity index (χ1v) is 16.1. The van der Waals surface area contributed by atoms with E-state index in [1.165, 1.54) is 22.3 Å². The van der Waals surface area contributed by atoms with Crippen molar-refractivity contribution >= 4 is 47.0 Å². The number of hydrogen-bond acceptors (Lipinski definition) is 8. The van der Waals surface area contributed by atoms with Crippen molar-refractivity contribution in [3.63, 3.8) is 0 Å². The molecule has 5 rings (SSSR count). The molecule has 0 saturated carbocycles. The highest BCUT2D eigenvalue weighted by Gasteiger charge is 2.14. The maximum atomic E-state index is 4.52. The molecule has 190 valence electrons. The van der Waals surface area contributed by atoms with E-state index in [0.29, 0.717) is 0 Å². The van der Waals surface area contributed by atoms with Gasteiger partial charge in [0.15, 0.2) is 0 Å². The second-order valence-corrected chi connectivity index (χ2v) is 12.2. The molecule has 0 N–H and O–H groups in total. The lowest BCUT2D eigenvalue weighted by molar-refractivity contribution is 1.11. The molecular weight excluding hydrogens is 545 g/mol. The zero-order valence-electron chi connectivity index (χ0n) is 20.6. The van der Waals surface area contributed by atoms with Crippen LogP contribution in [0.4, 0.5) is 0 Å². The van der Waals surface area contributed by atoms with Gasteiger partial charge in [-0.25, -0.2) is 19.9 Å². The van der Waals surface area contributed by atoms with Crippen molar-refractivity contribution in [3.8, 4) is 0 Å². The second-order valence-electron chi connectivity index (χ2n) is 8.22. The van der Waals surface area contributed by atoms with E-state index in [1.807, 2.05) is 73.3 Å². The highest BCUT2D eigenvalue weighted by Crippen LogP contribution is 2.34. The largest absolute Gasteiger partial charge is 0.250 e. The summed E-state index contributed by atoms with van der Waals surface area (Å²) in [5.41, 5.74) is 5.36. The molecule has 1 aromatic carbocycles. The van der Waals surface area contributed by atoms with Crippen LogP contribution in [-0.4, -0.2) is 19.9 Å². The van der Waals surface area contributed by atoms with Gasteiger partial charge < -0.3 is 0 Å². The Kier molecular flexibility index (Phi) is 10.2. The van der Waals surface area contributed by atoms with E-state index in [1.54, 1.807) is 47.0 Å². The van der Waals surface area contributed by atoms with Crippen molar-refractivity contribution in [1.29, 1.82) is 0 Å².